The van der Waals surface area contributed by atoms with Crippen molar-refractivity contribution in [1.82, 2.24) is 4.98 Å². The molecule has 0 unspecified atom stereocenters. The van der Waals surface area contributed by atoms with Crippen molar-refractivity contribution >= 4 is 57.1 Å². The third kappa shape index (κ3) is 2.63. The normalized spacial score (nSPS) is 11.3. The molecule has 0 aliphatic carbocycles. The van der Waals surface area contributed by atoms with Crippen molar-refractivity contribution in [3.8, 4) is 22.6 Å². The predicted octanol–water partition coefficient (Wildman–Crippen LogP) is 5.91. The van der Waals surface area contributed by atoms with Crippen LogP contribution in [-0.4, -0.2) is 10.8 Å². The lowest BCUT2D eigenvalue weighted by Gasteiger charge is -2.04. The number of hydrogen-bond acceptors (Lipinski definition) is 6. The molecule has 5 nitrogen and oxygen atoms in total. The van der Waals surface area contributed by atoms with E-state index in [0.717, 1.165) is 0 Å². The standard InChI is InChI=1S/C17H10Cl2N2O3S/c1-7(22)15-14(20)13-9(11-3-2-4-23-11)5-10(21-17(13)24-15)8-6-12(18)25-16(8)19/h2-6H,20H2,1H3. The number of nitrogens with zero attached hydrogens (tertiary/aromatic N) is 1. The van der Waals surface area contributed by atoms with Crippen LogP contribution in [0.3, 0.4) is 0 Å². The summed E-state index contributed by atoms with van der Waals surface area (Å²) >= 11 is 13.5. The summed E-state index contributed by atoms with van der Waals surface area (Å²) in [5.74, 6) is 0.370. The largest absolute Gasteiger partial charge is 0.464 e. The van der Waals surface area contributed by atoms with Crippen molar-refractivity contribution in [2.45, 2.75) is 6.92 Å². The third-order valence-electron chi connectivity index (χ3n) is 3.74. The topological polar surface area (TPSA) is 82.3 Å². The summed E-state index contributed by atoms with van der Waals surface area (Å²) in [6.45, 7) is 1.39. The average molecular weight is 393 g/mol. The van der Waals surface area contributed by atoms with Gasteiger partial charge in [-0.2, -0.15) is 0 Å². The second-order valence-corrected chi connectivity index (χ2v) is 7.64. The molecular weight excluding hydrogens is 383 g/mol. The number of nitrogen functional groups attached to an aromatic ring is 1. The highest BCUT2D eigenvalue weighted by atomic mass is 35.5. The number of halogens is 2. The van der Waals surface area contributed by atoms with Crippen LogP contribution in [-0.2, 0) is 0 Å². The van der Waals surface area contributed by atoms with E-state index in [-0.39, 0.29) is 22.9 Å². The molecule has 4 rings (SSSR count). The minimum Gasteiger partial charge on any atom is -0.464 e. The number of Topliss-reactive ketones (excluding diaryl/α,β-unsaturated/α-hetero) is 1. The van der Waals surface area contributed by atoms with E-state index in [2.05, 4.69) is 4.98 Å². The highest BCUT2D eigenvalue weighted by Crippen LogP contribution is 2.42. The van der Waals surface area contributed by atoms with Crippen LogP contribution >= 0.6 is 34.5 Å². The van der Waals surface area contributed by atoms with Crippen molar-refractivity contribution in [2.24, 2.45) is 0 Å². The van der Waals surface area contributed by atoms with Gasteiger partial charge in [-0.15, -0.1) is 11.3 Å². The van der Waals surface area contributed by atoms with Gasteiger partial charge >= 0.3 is 0 Å². The molecule has 4 aromatic heterocycles. The van der Waals surface area contributed by atoms with E-state index < -0.39 is 0 Å². The fourth-order valence-electron chi connectivity index (χ4n) is 2.66. The van der Waals surface area contributed by atoms with E-state index in [0.29, 0.717) is 36.6 Å². The van der Waals surface area contributed by atoms with Crippen LogP contribution in [0.1, 0.15) is 17.5 Å². The predicted molar refractivity (Wildman–Crippen MR) is 99.5 cm³/mol. The van der Waals surface area contributed by atoms with Crippen molar-refractivity contribution in [3.63, 3.8) is 0 Å². The summed E-state index contributed by atoms with van der Waals surface area (Å²) in [4.78, 5) is 16.3. The number of furan rings is 2. The molecule has 0 atom stereocenters. The molecule has 0 fully saturated rings. The quantitative estimate of drug-likeness (QED) is 0.438. The van der Waals surface area contributed by atoms with Gasteiger partial charge in [0.25, 0.3) is 0 Å². The summed E-state index contributed by atoms with van der Waals surface area (Å²) < 4.78 is 12.2. The fourth-order valence-corrected chi connectivity index (χ4v) is 4.14. The number of fused-ring (bicyclic) bond motifs is 1. The van der Waals surface area contributed by atoms with Crippen LogP contribution < -0.4 is 5.73 Å². The van der Waals surface area contributed by atoms with Crippen LogP contribution in [0.15, 0.2) is 39.4 Å². The van der Waals surface area contributed by atoms with Gasteiger partial charge in [0.15, 0.2) is 11.5 Å². The average Bonchev–Trinajstić information content (AvgIpc) is 3.26. The first kappa shape index (κ1) is 16.2. The van der Waals surface area contributed by atoms with E-state index in [1.807, 2.05) is 0 Å². The zero-order valence-corrected chi connectivity index (χ0v) is 15.1. The van der Waals surface area contributed by atoms with Gasteiger partial charge in [0, 0.05) is 18.1 Å². The molecule has 0 saturated carbocycles. The molecule has 126 valence electrons. The van der Waals surface area contributed by atoms with Gasteiger partial charge in [0.2, 0.25) is 5.71 Å². The van der Waals surface area contributed by atoms with Gasteiger partial charge in [-0.25, -0.2) is 4.98 Å². The Morgan fingerprint density at radius 2 is 2.08 bits per heavy atom. The first-order chi connectivity index (χ1) is 12.0. The Bertz CT molecular complexity index is 1110. The highest BCUT2D eigenvalue weighted by molar-refractivity contribution is 7.20. The summed E-state index contributed by atoms with van der Waals surface area (Å²) in [6.07, 6.45) is 1.55. The van der Waals surface area contributed by atoms with Gasteiger partial charge in [0.1, 0.15) is 10.1 Å². The first-order valence-corrected chi connectivity index (χ1v) is 8.76. The van der Waals surface area contributed by atoms with Crippen LogP contribution in [0.2, 0.25) is 8.67 Å². The van der Waals surface area contributed by atoms with E-state index in [9.17, 15) is 4.79 Å². The zero-order valence-electron chi connectivity index (χ0n) is 12.8. The number of carbonyl (C=O) groups excluding carboxylic acids is 1. The lowest BCUT2D eigenvalue weighted by molar-refractivity contribution is 0.0990. The molecule has 4 heterocycles. The Kier molecular flexibility index (Phi) is 3.83. The number of carbonyl (C=O) groups is 1. The van der Waals surface area contributed by atoms with Gasteiger partial charge < -0.3 is 14.6 Å². The Hall–Kier alpha value is -2.28. The highest BCUT2D eigenvalue weighted by Gasteiger charge is 2.23. The van der Waals surface area contributed by atoms with Crippen molar-refractivity contribution in [2.75, 3.05) is 5.73 Å². The molecule has 25 heavy (non-hydrogen) atoms. The fraction of sp³-hybridized carbons (Fsp3) is 0.0588. The molecule has 4 aromatic rings. The number of pyridine rings is 1. The minimum absolute atomic E-state index is 0.0712. The SMILES string of the molecule is CC(=O)c1oc2nc(-c3cc(Cl)sc3Cl)cc(-c3ccco3)c2c1N. The Labute approximate surface area is 156 Å². The molecule has 0 aromatic carbocycles. The molecule has 0 radical (unpaired) electrons. The number of ketones is 1. The third-order valence-corrected chi connectivity index (χ3v) is 5.23. The smallest absolute Gasteiger partial charge is 0.230 e. The molecule has 8 heteroatoms. The van der Waals surface area contributed by atoms with Gasteiger partial charge in [-0.3, -0.25) is 4.79 Å². The molecule has 2 N–H and O–H groups in total. The number of rotatable bonds is 3. The van der Waals surface area contributed by atoms with E-state index >= 15 is 0 Å². The number of nitrogens with two attached hydrogens (primary N) is 1. The monoisotopic (exact) mass is 392 g/mol. The Morgan fingerprint density at radius 1 is 1.28 bits per heavy atom. The molecule has 0 aliphatic heterocycles. The molecule has 0 amide bonds. The summed E-state index contributed by atoms with van der Waals surface area (Å²) in [5, 5.41) is 0.529. The van der Waals surface area contributed by atoms with Crippen molar-refractivity contribution in [3.05, 3.63) is 45.0 Å². The second kappa shape index (κ2) is 5.91. The number of hydrogen-bond donors (Lipinski definition) is 1. The second-order valence-electron chi connectivity index (χ2n) is 5.35. The summed E-state index contributed by atoms with van der Waals surface area (Å²) in [6, 6.07) is 7.08. The van der Waals surface area contributed by atoms with Crippen molar-refractivity contribution in [1.29, 1.82) is 0 Å². The maximum absolute atomic E-state index is 11.8. The minimum atomic E-state index is -0.279. The lowest BCUT2D eigenvalue weighted by atomic mass is 10.1. The Balaban J connectivity index is 2.08. The van der Waals surface area contributed by atoms with Gasteiger partial charge in [0.05, 0.1) is 27.4 Å². The van der Waals surface area contributed by atoms with Gasteiger partial charge in [-0.05, 0) is 24.3 Å². The molecule has 0 spiro atoms. The van der Waals surface area contributed by atoms with E-state index in [1.54, 1.807) is 30.5 Å². The Morgan fingerprint density at radius 3 is 2.68 bits per heavy atom. The van der Waals surface area contributed by atoms with E-state index in [1.165, 1.54) is 18.3 Å². The lowest BCUT2D eigenvalue weighted by Crippen LogP contribution is -1.95. The van der Waals surface area contributed by atoms with Gasteiger partial charge in [-0.1, -0.05) is 23.2 Å². The zero-order chi connectivity index (χ0) is 17.7. The number of aromatic nitrogens is 1. The number of anilines is 1. The molecule has 0 bridgehead atoms. The van der Waals surface area contributed by atoms with Crippen LogP contribution in [0.5, 0.6) is 0 Å². The maximum Gasteiger partial charge on any atom is 0.230 e. The first-order valence-electron chi connectivity index (χ1n) is 7.18. The molecule has 0 saturated heterocycles. The molecule has 0 aliphatic rings. The number of thiophene rings is 1. The van der Waals surface area contributed by atoms with E-state index in [4.69, 9.17) is 37.8 Å². The van der Waals surface area contributed by atoms with Crippen LogP contribution in [0.4, 0.5) is 5.69 Å². The summed E-state index contributed by atoms with van der Waals surface area (Å²) in [7, 11) is 0. The van der Waals surface area contributed by atoms with Crippen molar-refractivity contribution < 1.29 is 13.6 Å². The van der Waals surface area contributed by atoms with Crippen LogP contribution in [0, 0.1) is 0 Å². The molecular formula is C17H10Cl2N2O3S. The summed E-state index contributed by atoms with van der Waals surface area (Å²) in [5.41, 5.74) is 8.50. The van der Waals surface area contributed by atoms with Crippen LogP contribution in [0.25, 0.3) is 33.7 Å². The maximum atomic E-state index is 11.8.